The lowest BCUT2D eigenvalue weighted by molar-refractivity contribution is -0.134. The Hall–Kier alpha value is -1.82. The van der Waals surface area contributed by atoms with Gasteiger partial charge in [-0.15, -0.1) is 0 Å². The van der Waals surface area contributed by atoms with Crippen LogP contribution in [0.4, 0.5) is 0 Å². The van der Waals surface area contributed by atoms with E-state index in [0.29, 0.717) is 35.6 Å². The summed E-state index contributed by atoms with van der Waals surface area (Å²) in [5.41, 5.74) is 2.29. The SMILES string of the molecule is CC(CCC(=O)N1CCC[C@@H](Oc2cnn(C)c2)C1)[C@H]1CC[C@H]2[C@@H]3CC=C4C[C@@H](O)CC[C@]4(C)[C@H]3CC[C@]12C. The summed E-state index contributed by atoms with van der Waals surface area (Å²) in [6.45, 7) is 9.13. The minimum atomic E-state index is -0.126. The van der Waals surface area contributed by atoms with Crippen molar-refractivity contribution in [2.75, 3.05) is 13.1 Å². The molecule has 6 heteroatoms. The number of carbonyl (C=O) groups excluding carboxylic acids is 1. The normalized spacial score (nSPS) is 40.7. The third-order valence-corrected chi connectivity index (χ3v) is 12.4. The van der Waals surface area contributed by atoms with E-state index in [4.69, 9.17) is 4.74 Å². The number of hydrogen-bond acceptors (Lipinski definition) is 4. The Bertz CT molecular complexity index is 1080. The molecular formula is C33H51N3O3. The summed E-state index contributed by atoms with van der Waals surface area (Å²) in [4.78, 5) is 15.3. The summed E-state index contributed by atoms with van der Waals surface area (Å²) in [5, 5.41) is 14.5. The fourth-order valence-corrected chi connectivity index (χ4v) is 10.2. The van der Waals surface area contributed by atoms with Gasteiger partial charge < -0.3 is 14.7 Å². The van der Waals surface area contributed by atoms with Crippen molar-refractivity contribution in [3.63, 3.8) is 0 Å². The van der Waals surface area contributed by atoms with E-state index in [1.165, 1.54) is 32.1 Å². The van der Waals surface area contributed by atoms with E-state index in [1.807, 2.05) is 13.2 Å². The van der Waals surface area contributed by atoms with Gasteiger partial charge in [-0.2, -0.15) is 5.10 Å². The number of allylic oxidation sites excluding steroid dienone is 1. The standard InChI is InChI=1S/C33H51N3O3/c1-22(7-12-31(38)36-17-5-6-25(21-36)39-26-19-34-35(4)20-26)28-10-11-29-27-9-8-23-18-24(37)13-15-32(23,2)30(27)14-16-33(28,29)3/h8,19-20,22,24-25,27-30,37H,5-7,9-18,21H2,1-4H3/t22?,24-,25+,27-,28+,29-,30-,32-,33+/m0/s1. The highest BCUT2D eigenvalue weighted by molar-refractivity contribution is 5.76. The molecule has 1 aliphatic heterocycles. The van der Waals surface area contributed by atoms with Crippen molar-refractivity contribution in [2.24, 2.45) is 47.5 Å². The molecule has 0 bridgehead atoms. The molecule has 4 fully saturated rings. The second-order valence-electron chi connectivity index (χ2n) is 14.5. The van der Waals surface area contributed by atoms with Crippen LogP contribution in [0, 0.1) is 40.4 Å². The predicted octanol–water partition coefficient (Wildman–Crippen LogP) is 6.15. The average Bonchev–Trinajstić information content (AvgIpc) is 3.49. The van der Waals surface area contributed by atoms with Gasteiger partial charge in [0.15, 0.2) is 5.75 Å². The maximum absolute atomic E-state index is 13.3. The fraction of sp³-hybridized carbons (Fsp3) is 0.818. The number of nitrogens with zero attached hydrogens (tertiary/aromatic N) is 3. The number of aliphatic hydroxyl groups excluding tert-OH is 1. The van der Waals surface area contributed by atoms with Crippen molar-refractivity contribution in [1.82, 2.24) is 14.7 Å². The quantitative estimate of drug-likeness (QED) is 0.442. The van der Waals surface area contributed by atoms with Gasteiger partial charge in [0.1, 0.15) is 6.10 Å². The minimum absolute atomic E-state index is 0.0633. The first-order valence-electron chi connectivity index (χ1n) is 16.0. The van der Waals surface area contributed by atoms with Crippen LogP contribution < -0.4 is 4.74 Å². The molecule has 9 atom stereocenters. The lowest BCUT2D eigenvalue weighted by atomic mass is 9.47. The molecule has 0 radical (unpaired) electrons. The number of carbonyl (C=O) groups is 1. The van der Waals surface area contributed by atoms with Crippen molar-refractivity contribution in [3.8, 4) is 5.75 Å². The number of hydrogen-bond donors (Lipinski definition) is 1. The van der Waals surface area contributed by atoms with Gasteiger partial charge in [-0.05, 0) is 111 Å². The summed E-state index contributed by atoms with van der Waals surface area (Å²) in [7, 11) is 1.90. The smallest absolute Gasteiger partial charge is 0.222 e. The predicted molar refractivity (Wildman–Crippen MR) is 153 cm³/mol. The largest absolute Gasteiger partial charge is 0.485 e. The van der Waals surface area contributed by atoms with Gasteiger partial charge in [-0.25, -0.2) is 0 Å². The van der Waals surface area contributed by atoms with Crippen LogP contribution in [0.25, 0.3) is 0 Å². The third kappa shape index (κ3) is 4.97. The van der Waals surface area contributed by atoms with Crippen LogP contribution >= 0.6 is 0 Å². The van der Waals surface area contributed by atoms with Crippen molar-refractivity contribution < 1.29 is 14.6 Å². The van der Waals surface area contributed by atoms with Gasteiger partial charge in [0.05, 0.1) is 25.0 Å². The first kappa shape index (κ1) is 27.4. The van der Waals surface area contributed by atoms with Crippen LogP contribution in [0.15, 0.2) is 24.0 Å². The maximum Gasteiger partial charge on any atom is 0.222 e. The number of fused-ring (bicyclic) bond motifs is 5. The topological polar surface area (TPSA) is 67.6 Å². The maximum atomic E-state index is 13.3. The van der Waals surface area contributed by atoms with Gasteiger partial charge in [-0.1, -0.05) is 32.4 Å². The molecule has 0 spiro atoms. The monoisotopic (exact) mass is 537 g/mol. The zero-order chi connectivity index (χ0) is 27.4. The van der Waals surface area contributed by atoms with Crippen LogP contribution in [0.1, 0.15) is 97.8 Å². The summed E-state index contributed by atoms with van der Waals surface area (Å²) < 4.78 is 7.89. The average molecular weight is 538 g/mol. The third-order valence-electron chi connectivity index (χ3n) is 12.4. The zero-order valence-electron chi connectivity index (χ0n) is 24.8. The number of aliphatic hydroxyl groups is 1. The molecule has 1 saturated heterocycles. The molecule has 1 N–H and O–H groups in total. The Morgan fingerprint density at radius 2 is 2.03 bits per heavy atom. The molecule has 1 aromatic heterocycles. The van der Waals surface area contributed by atoms with Crippen LogP contribution in [0.3, 0.4) is 0 Å². The number of aryl methyl sites for hydroxylation is 1. The van der Waals surface area contributed by atoms with Gasteiger partial charge in [-0.3, -0.25) is 9.48 Å². The molecular weight excluding hydrogens is 486 g/mol. The Morgan fingerprint density at radius 3 is 2.82 bits per heavy atom. The first-order chi connectivity index (χ1) is 18.7. The Kier molecular flexibility index (Phi) is 7.39. The molecule has 5 aliphatic rings. The summed E-state index contributed by atoms with van der Waals surface area (Å²) in [6, 6.07) is 0. The lowest BCUT2D eigenvalue weighted by Crippen LogP contribution is -2.50. The molecule has 216 valence electrons. The van der Waals surface area contributed by atoms with E-state index in [0.717, 1.165) is 74.5 Å². The summed E-state index contributed by atoms with van der Waals surface area (Å²) in [6.07, 6.45) is 19.4. The molecule has 2 heterocycles. The van der Waals surface area contributed by atoms with Crippen molar-refractivity contribution in [1.29, 1.82) is 0 Å². The number of ether oxygens (including phenoxy) is 1. The Morgan fingerprint density at radius 1 is 1.18 bits per heavy atom. The first-order valence-corrected chi connectivity index (χ1v) is 16.0. The van der Waals surface area contributed by atoms with E-state index >= 15 is 0 Å². The molecule has 1 amide bonds. The second-order valence-corrected chi connectivity index (χ2v) is 14.5. The molecule has 0 aromatic carbocycles. The van der Waals surface area contributed by atoms with E-state index in [1.54, 1.807) is 16.5 Å². The molecule has 6 nitrogen and oxygen atoms in total. The highest BCUT2D eigenvalue weighted by atomic mass is 16.5. The molecule has 1 unspecified atom stereocenters. The molecule has 1 aromatic rings. The fourth-order valence-electron chi connectivity index (χ4n) is 10.2. The highest BCUT2D eigenvalue weighted by Gasteiger charge is 2.59. The van der Waals surface area contributed by atoms with Crippen LogP contribution in [0.2, 0.25) is 0 Å². The Labute approximate surface area is 235 Å². The van der Waals surface area contributed by atoms with Gasteiger partial charge >= 0.3 is 0 Å². The van der Waals surface area contributed by atoms with Gasteiger partial charge in [0.25, 0.3) is 0 Å². The molecule has 4 aliphatic carbocycles. The van der Waals surface area contributed by atoms with E-state index in [9.17, 15) is 9.90 Å². The Balaban J connectivity index is 1.05. The number of aromatic nitrogens is 2. The lowest BCUT2D eigenvalue weighted by Gasteiger charge is -2.58. The van der Waals surface area contributed by atoms with E-state index in [-0.39, 0.29) is 12.2 Å². The van der Waals surface area contributed by atoms with Crippen molar-refractivity contribution in [2.45, 2.75) is 110 Å². The number of likely N-dealkylation sites (tertiary alicyclic amines) is 1. The minimum Gasteiger partial charge on any atom is -0.485 e. The van der Waals surface area contributed by atoms with Gasteiger partial charge in [0, 0.05) is 20.0 Å². The van der Waals surface area contributed by atoms with Crippen LogP contribution in [-0.4, -0.2) is 51.0 Å². The van der Waals surface area contributed by atoms with Crippen molar-refractivity contribution >= 4 is 5.91 Å². The van der Waals surface area contributed by atoms with Gasteiger partial charge in [0.2, 0.25) is 5.91 Å². The number of rotatable bonds is 6. The second kappa shape index (κ2) is 10.5. The van der Waals surface area contributed by atoms with Crippen LogP contribution in [0.5, 0.6) is 5.75 Å². The highest BCUT2D eigenvalue weighted by Crippen LogP contribution is 2.67. The van der Waals surface area contributed by atoms with E-state index in [2.05, 4.69) is 36.8 Å². The molecule has 3 saturated carbocycles. The van der Waals surface area contributed by atoms with E-state index < -0.39 is 0 Å². The summed E-state index contributed by atoms with van der Waals surface area (Å²) in [5.74, 6) is 4.82. The van der Waals surface area contributed by atoms with Crippen LogP contribution in [-0.2, 0) is 11.8 Å². The molecule has 6 rings (SSSR count). The van der Waals surface area contributed by atoms with Crippen molar-refractivity contribution in [3.05, 3.63) is 24.0 Å². The number of piperidine rings is 1. The molecule has 39 heavy (non-hydrogen) atoms. The number of amides is 1. The zero-order valence-corrected chi connectivity index (χ0v) is 24.8. The summed E-state index contributed by atoms with van der Waals surface area (Å²) >= 11 is 0.